The summed E-state index contributed by atoms with van der Waals surface area (Å²) in [6.07, 6.45) is 5.60. The second-order valence-electron chi connectivity index (χ2n) is 5.22. The van der Waals surface area contributed by atoms with Gasteiger partial charge in [0.2, 0.25) is 0 Å². The van der Waals surface area contributed by atoms with Crippen LogP contribution in [0, 0.1) is 11.3 Å². The van der Waals surface area contributed by atoms with Crippen LogP contribution < -0.4 is 4.74 Å². The van der Waals surface area contributed by atoms with Crippen molar-refractivity contribution in [3.8, 4) is 11.8 Å². The van der Waals surface area contributed by atoms with Crippen LogP contribution in [0.3, 0.4) is 0 Å². The number of benzene rings is 2. The molecule has 0 saturated heterocycles. The van der Waals surface area contributed by atoms with Crippen molar-refractivity contribution in [3.05, 3.63) is 77.1 Å². The summed E-state index contributed by atoms with van der Waals surface area (Å²) in [7, 11) is 1.65. The minimum absolute atomic E-state index is 0.638. The zero-order valence-electron chi connectivity index (χ0n) is 13.3. The van der Waals surface area contributed by atoms with Crippen molar-refractivity contribution in [2.75, 3.05) is 7.11 Å². The van der Waals surface area contributed by atoms with Crippen LogP contribution in [-0.4, -0.2) is 22.1 Å². The molecule has 0 aliphatic rings. The number of rotatable bonds is 5. The maximum absolute atomic E-state index is 9.10. The van der Waals surface area contributed by atoms with Crippen LogP contribution in [0.5, 0.6) is 5.75 Å². The zero-order valence-corrected chi connectivity index (χ0v) is 13.3. The van der Waals surface area contributed by atoms with Gasteiger partial charge in [0, 0.05) is 0 Å². The van der Waals surface area contributed by atoms with E-state index in [1.807, 2.05) is 60.8 Å². The highest BCUT2D eigenvalue weighted by molar-refractivity contribution is 5.70. The lowest BCUT2D eigenvalue weighted by atomic mass is 10.1. The molecule has 0 spiro atoms. The third-order valence-electron chi connectivity index (χ3n) is 3.57. The van der Waals surface area contributed by atoms with Gasteiger partial charge in [-0.25, -0.2) is 4.68 Å². The van der Waals surface area contributed by atoms with E-state index in [1.165, 1.54) is 0 Å². The van der Waals surface area contributed by atoms with Crippen molar-refractivity contribution >= 4 is 12.2 Å². The number of hydrogen-bond acceptors (Lipinski definition) is 4. The Labute approximate surface area is 140 Å². The Morgan fingerprint density at radius 3 is 2.67 bits per heavy atom. The fraction of sp³-hybridized carbons (Fsp3) is 0.105. The number of ether oxygens (including phenoxy) is 1. The van der Waals surface area contributed by atoms with Gasteiger partial charge < -0.3 is 4.74 Å². The molecule has 0 saturated carbocycles. The average molecular weight is 316 g/mol. The first-order valence-corrected chi connectivity index (χ1v) is 7.49. The van der Waals surface area contributed by atoms with Crippen LogP contribution in [-0.2, 0) is 6.54 Å². The molecule has 24 heavy (non-hydrogen) atoms. The van der Waals surface area contributed by atoms with Gasteiger partial charge in [-0.05, 0) is 35.4 Å². The summed E-state index contributed by atoms with van der Waals surface area (Å²) in [4.78, 5) is 0. The first-order chi connectivity index (χ1) is 11.8. The van der Waals surface area contributed by atoms with Crippen molar-refractivity contribution in [1.29, 1.82) is 5.26 Å². The lowest BCUT2D eigenvalue weighted by molar-refractivity contribution is 0.414. The molecular weight excluding hydrogens is 300 g/mol. The summed E-state index contributed by atoms with van der Waals surface area (Å²) >= 11 is 0. The smallest absolute Gasteiger partial charge is 0.118 e. The normalized spacial score (nSPS) is 10.7. The van der Waals surface area contributed by atoms with E-state index >= 15 is 0 Å². The van der Waals surface area contributed by atoms with Gasteiger partial charge in [0.05, 0.1) is 31.5 Å². The molecule has 1 aromatic heterocycles. The van der Waals surface area contributed by atoms with Crippen LogP contribution in [0.1, 0.15) is 22.4 Å². The van der Waals surface area contributed by atoms with Gasteiger partial charge in [0.1, 0.15) is 11.4 Å². The molecule has 0 fully saturated rings. The summed E-state index contributed by atoms with van der Waals surface area (Å²) < 4.78 is 6.93. The molecule has 5 heteroatoms. The Hall–Kier alpha value is -3.39. The summed E-state index contributed by atoms with van der Waals surface area (Å²) in [5.74, 6) is 0.831. The van der Waals surface area contributed by atoms with E-state index in [9.17, 15) is 0 Å². The highest BCUT2D eigenvalue weighted by Gasteiger charge is 2.01. The molecule has 1 heterocycles. The Bertz CT molecular complexity index is 888. The van der Waals surface area contributed by atoms with Gasteiger partial charge in [-0.3, -0.25) is 0 Å². The van der Waals surface area contributed by atoms with Crippen LogP contribution in [0.25, 0.3) is 12.2 Å². The van der Waals surface area contributed by atoms with E-state index in [0.717, 1.165) is 22.6 Å². The Balaban J connectivity index is 1.71. The van der Waals surface area contributed by atoms with Gasteiger partial charge >= 0.3 is 0 Å². The summed E-state index contributed by atoms with van der Waals surface area (Å²) in [5, 5.41) is 17.4. The van der Waals surface area contributed by atoms with Crippen LogP contribution in [0.2, 0.25) is 0 Å². The van der Waals surface area contributed by atoms with Gasteiger partial charge in [-0.1, -0.05) is 41.6 Å². The molecule has 118 valence electrons. The van der Waals surface area contributed by atoms with E-state index in [0.29, 0.717) is 12.1 Å². The first kappa shape index (κ1) is 15.5. The standard InChI is InChI=1S/C19H16N4O/c1-24-19-10-6-15(7-11-19)13-23-14-18(21-22-23)9-8-16-4-2-3-5-17(16)12-20/h2-11,14H,13H2,1H3/b9-8-. The summed E-state index contributed by atoms with van der Waals surface area (Å²) in [5.41, 5.74) is 3.37. The maximum atomic E-state index is 9.10. The van der Waals surface area contributed by atoms with E-state index in [1.54, 1.807) is 17.9 Å². The third-order valence-corrected chi connectivity index (χ3v) is 3.57. The minimum Gasteiger partial charge on any atom is -0.497 e. The van der Waals surface area contributed by atoms with Crippen LogP contribution in [0.15, 0.2) is 54.7 Å². The second-order valence-corrected chi connectivity index (χ2v) is 5.22. The number of aromatic nitrogens is 3. The molecule has 5 nitrogen and oxygen atoms in total. The molecule has 0 unspecified atom stereocenters. The van der Waals surface area contributed by atoms with Crippen molar-refractivity contribution in [2.24, 2.45) is 0 Å². The van der Waals surface area contributed by atoms with Gasteiger partial charge in [-0.15, -0.1) is 5.10 Å². The predicted octanol–water partition coefficient (Wildman–Crippen LogP) is 3.38. The molecule has 3 rings (SSSR count). The fourth-order valence-corrected chi connectivity index (χ4v) is 2.30. The minimum atomic E-state index is 0.638. The average Bonchev–Trinajstić information content (AvgIpc) is 3.08. The highest BCUT2D eigenvalue weighted by Crippen LogP contribution is 2.13. The van der Waals surface area contributed by atoms with Gasteiger partial charge in [0.25, 0.3) is 0 Å². The Morgan fingerprint density at radius 1 is 1.12 bits per heavy atom. The van der Waals surface area contributed by atoms with E-state index in [4.69, 9.17) is 10.00 Å². The predicted molar refractivity (Wildman–Crippen MR) is 92.2 cm³/mol. The lowest BCUT2D eigenvalue weighted by Gasteiger charge is -2.02. The molecule has 0 atom stereocenters. The highest BCUT2D eigenvalue weighted by atomic mass is 16.5. The SMILES string of the molecule is COc1ccc(Cn2cc(/C=C\c3ccccc3C#N)nn2)cc1. The molecular formula is C19H16N4O. The van der Waals surface area contributed by atoms with Crippen molar-refractivity contribution in [2.45, 2.75) is 6.54 Å². The fourth-order valence-electron chi connectivity index (χ4n) is 2.30. The topological polar surface area (TPSA) is 63.7 Å². The van der Waals surface area contributed by atoms with E-state index in [2.05, 4.69) is 16.4 Å². The monoisotopic (exact) mass is 316 g/mol. The van der Waals surface area contributed by atoms with Crippen molar-refractivity contribution < 1.29 is 4.74 Å². The second kappa shape index (κ2) is 7.25. The van der Waals surface area contributed by atoms with E-state index < -0.39 is 0 Å². The quantitative estimate of drug-likeness (QED) is 0.724. The molecule has 0 aliphatic heterocycles. The summed E-state index contributed by atoms with van der Waals surface area (Å²) in [6.45, 7) is 0.639. The maximum Gasteiger partial charge on any atom is 0.118 e. The first-order valence-electron chi connectivity index (χ1n) is 7.49. The van der Waals surface area contributed by atoms with Crippen molar-refractivity contribution in [1.82, 2.24) is 15.0 Å². The van der Waals surface area contributed by atoms with E-state index in [-0.39, 0.29) is 0 Å². The molecule has 0 amide bonds. The Kier molecular flexibility index (Phi) is 4.68. The number of methoxy groups -OCH3 is 1. The molecule has 0 radical (unpaired) electrons. The molecule has 3 aromatic rings. The molecule has 2 aromatic carbocycles. The lowest BCUT2D eigenvalue weighted by Crippen LogP contribution is -2.00. The van der Waals surface area contributed by atoms with Gasteiger partial charge in [-0.2, -0.15) is 5.26 Å². The molecule has 0 N–H and O–H groups in total. The van der Waals surface area contributed by atoms with Gasteiger partial charge in [0.15, 0.2) is 0 Å². The molecule has 0 bridgehead atoms. The molecule has 0 aliphatic carbocycles. The Morgan fingerprint density at radius 2 is 1.92 bits per heavy atom. The third kappa shape index (κ3) is 3.68. The number of nitriles is 1. The van der Waals surface area contributed by atoms with Crippen molar-refractivity contribution in [3.63, 3.8) is 0 Å². The summed E-state index contributed by atoms with van der Waals surface area (Å²) in [6, 6.07) is 17.5. The largest absolute Gasteiger partial charge is 0.497 e. The van der Waals surface area contributed by atoms with Crippen LogP contribution >= 0.6 is 0 Å². The zero-order chi connectivity index (χ0) is 16.8. The number of nitrogens with zero attached hydrogens (tertiary/aromatic N) is 4. The number of hydrogen-bond donors (Lipinski definition) is 0. The van der Waals surface area contributed by atoms with Crippen LogP contribution in [0.4, 0.5) is 0 Å².